The number of hydrogen-bond donors (Lipinski definition) is 1. The minimum absolute atomic E-state index is 0.175. The fourth-order valence-corrected chi connectivity index (χ4v) is 3.47. The number of nitrogens with one attached hydrogen (secondary N) is 1. The van der Waals surface area contributed by atoms with Gasteiger partial charge in [0.2, 0.25) is 0 Å². The van der Waals surface area contributed by atoms with Gasteiger partial charge < -0.3 is 15.0 Å². The van der Waals surface area contributed by atoms with E-state index in [0.29, 0.717) is 28.3 Å². The maximum Gasteiger partial charge on any atom is 0.289 e. The fraction of sp³-hybridized carbons (Fsp3) is 0.647. The van der Waals surface area contributed by atoms with E-state index < -0.39 is 5.76 Å². The second-order valence-electron chi connectivity index (χ2n) is 6.17. The Bertz CT molecular complexity index is 493. The Kier molecular flexibility index (Phi) is 7.11. The molecule has 0 amide bonds. The van der Waals surface area contributed by atoms with E-state index in [2.05, 4.69) is 24.2 Å². The average Bonchev–Trinajstić information content (AvgIpc) is 2.54. The van der Waals surface area contributed by atoms with Crippen LogP contribution in [0.1, 0.15) is 31.4 Å². The Morgan fingerprint density at radius 3 is 2.65 bits per heavy atom. The summed E-state index contributed by atoms with van der Waals surface area (Å²) in [5, 5.41) is 3.57. The van der Waals surface area contributed by atoms with E-state index >= 15 is 0 Å². The number of thioether (sulfide) groups is 1. The standard InChI is InChI=1S/C17H26F2N2OS/c1-12(20-11-13-6-8-21(2)9-7-13)14-4-5-16(23-17(18)19)15(10-14)22-3/h4-5,10,12-13,17,20H,6-9,11H2,1-3H3. The summed E-state index contributed by atoms with van der Waals surface area (Å²) >= 11 is 0.523. The van der Waals surface area contributed by atoms with Gasteiger partial charge in [-0.15, -0.1) is 0 Å². The molecule has 6 heteroatoms. The molecule has 0 saturated carbocycles. The topological polar surface area (TPSA) is 24.5 Å². The molecule has 2 rings (SSSR count). The van der Waals surface area contributed by atoms with Crippen LogP contribution in [0.2, 0.25) is 0 Å². The first-order chi connectivity index (χ1) is 11.0. The lowest BCUT2D eigenvalue weighted by Gasteiger charge is -2.30. The molecule has 1 fully saturated rings. The van der Waals surface area contributed by atoms with Crippen molar-refractivity contribution in [3.05, 3.63) is 23.8 Å². The van der Waals surface area contributed by atoms with Crippen molar-refractivity contribution in [3.63, 3.8) is 0 Å². The zero-order chi connectivity index (χ0) is 16.8. The molecule has 3 nitrogen and oxygen atoms in total. The lowest BCUT2D eigenvalue weighted by molar-refractivity contribution is 0.213. The predicted molar refractivity (Wildman–Crippen MR) is 91.5 cm³/mol. The highest BCUT2D eigenvalue weighted by atomic mass is 32.2. The van der Waals surface area contributed by atoms with Crippen LogP contribution in [0.5, 0.6) is 5.75 Å². The fourth-order valence-electron chi connectivity index (χ4n) is 2.87. The summed E-state index contributed by atoms with van der Waals surface area (Å²) in [6.07, 6.45) is 2.45. The highest BCUT2D eigenvalue weighted by Crippen LogP contribution is 2.35. The molecule has 0 bridgehead atoms. The van der Waals surface area contributed by atoms with Crippen LogP contribution >= 0.6 is 11.8 Å². The minimum Gasteiger partial charge on any atom is -0.496 e. The molecule has 1 unspecified atom stereocenters. The van der Waals surface area contributed by atoms with Crippen LogP contribution in [-0.4, -0.2) is 44.4 Å². The van der Waals surface area contributed by atoms with Crippen molar-refractivity contribution in [2.75, 3.05) is 33.8 Å². The van der Waals surface area contributed by atoms with Crippen LogP contribution in [-0.2, 0) is 0 Å². The quantitative estimate of drug-likeness (QED) is 0.756. The largest absolute Gasteiger partial charge is 0.496 e. The highest BCUT2D eigenvalue weighted by Gasteiger charge is 2.18. The number of methoxy groups -OCH3 is 1. The van der Waals surface area contributed by atoms with Crippen molar-refractivity contribution in [3.8, 4) is 5.75 Å². The van der Waals surface area contributed by atoms with Crippen molar-refractivity contribution in [2.24, 2.45) is 5.92 Å². The zero-order valence-corrected chi connectivity index (χ0v) is 14.8. The number of piperidine rings is 1. The number of ether oxygens (including phenoxy) is 1. The normalized spacial score (nSPS) is 18.3. The Balaban J connectivity index is 1.92. The molecule has 0 aromatic heterocycles. The van der Waals surface area contributed by atoms with Gasteiger partial charge in [0.15, 0.2) is 0 Å². The van der Waals surface area contributed by atoms with Crippen molar-refractivity contribution in [2.45, 2.75) is 36.5 Å². The van der Waals surface area contributed by atoms with Crippen molar-refractivity contribution < 1.29 is 13.5 Å². The third-order valence-corrected chi connectivity index (χ3v) is 5.22. The number of rotatable bonds is 7. The summed E-state index contributed by atoms with van der Waals surface area (Å²) in [5.41, 5.74) is 1.06. The molecule has 1 aliphatic heterocycles. The number of halogens is 2. The monoisotopic (exact) mass is 344 g/mol. The number of nitrogens with zero attached hydrogens (tertiary/aromatic N) is 1. The molecule has 1 heterocycles. The summed E-state index contributed by atoms with van der Waals surface area (Å²) < 4.78 is 30.3. The summed E-state index contributed by atoms with van der Waals surface area (Å²) in [6, 6.07) is 5.66. The van der Waals surface area contributed by atoms with E-state index in [1.165, 1.54) is 20.0 Å². The van der Waals surface area contributed by atoms with Gasteiger partial charge in [-0.25, -0.2) is 0 Å². The van der Waals surface area contributed by atoms with Crippen molar-refractivity contribution in [1.82, 2.24) is 10.2 Å². The Morgan fingerprint density at radius 2 is 2.04 bits per heavy atom. The molecular formula is C17H26F2N2OS. The Hall–Kier alpha value is -0.850. The second kappa shape index (κ2) is 8.85. The lowest BCUT2D eigenvalue weighted by Crippen LogP contribution is -2.35. The van der Waals surface area contributed by atoms with Crippen LogP contribution in [0.3, 0.4) is 0 Å². The molecule has 1 aliphatic rings. The molecule has 1 N–H and O–H groups in total. The molecule has 23 heavy (non-hydrogen) atoms. The van der Waals surface area contributed by atoms with Gasteiger partial charge in [0, 0.05) is 6.04 Å². The maximum atomic E-state index is 12.5. The van der Waals surface area contributed by atoms with E-state index in [-0.39, 0.29) is 6.04 Å². The van der Waals surface area contributed by atoms with Crippen molar-refractivity contribution >= 4 is 11.8 Å². The summed E-state index contributed by atoms with van der Waals surface area (Å²) in [7, 11) is 3.68. The van der Waals surface area contributed by atoms with Gasteiger partial charge in [-0.05, 0) is 70.1 Å². The average molecular weight is 344 g/mol. The smallest absolute Gasteiger partial charge is 0.289 e. The molecule has 1 aromatic carbocycles. The predicted octanol–water partition coefficient (Wildman–Crippen LogP) is 4.00. The zero-order valence-electron chi connectivity index (χ0n) is 14.0. The van der Waals surface area contributed by atoms with Gasteiger partial charge in [0.25, 0.3) is 5.76 Å². The van der Waals surface area contributed by atoms with Gasteiger partial charge in [-0.1, -0.05) is 17.8 Å². The first-order valence-electron chi connectivity index (χ1n) is 8.04. The lowest BCUT2D eigenvalue weighted by atomic mass is 9.96. The summed E-state index contributed by atoms with van der Waals surface area (Å²) in [5.74, 6) is -1.21. The van der Waals surface area contributed by atoms with Crippen molar-refractivity contribution in [1.29, 1.82) is 0 Å². The van der Waals surface area contributed by atoms with E-state index in [1.54, 1.807) is 6.07 Å². The Labute approximate surface area is 141 Å². The van der Waals surface area contributed by atoms with Crippen LogP contribution < -0.4 is 10.1 Å². The van der Waals surface area contributed by atoms with E-state index in [9.17, 15) is 8.78 Å². The Morgan fingerprint density at radius 1 is 1.35 bits per heavy atom. The maximum absolute atomic E-state index is 12.5. The van der Waals surface area contributed by atoms with Gasteiger partial charge in [-0.3, -0.25) is 0 Å². The third kappa shape index (κ3) is 5.62. The van der Waals surface area contributed by atoms with Crippen LogP contribution in [0.25, 0.3) is 0 Å². The minimum atomic E-state index is -2.44. The number of benzene rings is 1. The number of likely N-dealkylation sites (tertiary alicyclic amines) is 1. The molecule has 1 saturated heterocycles. The first-order valence-corrected chi connectivity index (χ1v) is 8.92. The molecular weight excluding hydrogens is 318 g/mol. The van der Waals surface area contributed by atoms with E-state index in [4.69, 9.17) is 4.74 Å². The molecule has 0 aliphatic carbocycles. The number of alkyl halides is 2. The molecule has 1 atom stereocenters. The van der Waals surface area contributed by atoms with Gasteiger partial charge in [0.1, 0.15) is 5.75 Å². The van der Waals surface area contributed by atoms with Crippen LogP contribution in [0.4, 0.5) is 8.78 Å². The van der Waals surface area contributed by atoms with E-state index in [1.807, 2.05) is 12.1 Å². The molecule has 130 valence electrons. The van der Waals surface area contributed by atoms with Gasteiger partial charge in [0.05, 0.1) is 12.0 Å². The van der Waals surface area contributed by atoms with E-state index in [0.717, 1.165) is 25.2 Å². The second-order valence-corrected chi connectivity index (χ2v) is 7.20. The summed E-state index contributed by atoms with van der Waals surface area (Å²) in [6.45, 7) is 5.41. The first kappa shape index (κ1) is 18.5. The SMILES string of the molecule is COc1cc(C(C)NCC2CCN(C)CC2)ccc1SC(F)F. The highest BCUT2D eigenvalue weighted by molar-refractivity contribution is 7.99. The molecule has 1 aromatic rings. The number of hydrogen-bond acceptors (Lipinski definition) is 4. The summed E-state index contributed by atoms with van der Waals surface area (Å²) in [4.78, 5) is 2.85. The van der Waals surface area contributed by atoms with Gasteiger partial charge in [-0.2, -0.15) is 8.78 Å². The van der Waals surface area contributed by atoms with Gasteiger partial charge >= 0.3 is 0 Å². The van der Waals surface area contributed by atoms with Crippen LogP contribution in [0.15, 0.2) is 23.1 Å². The molecule has 0 radical (unpaired) electrons. The van der Waals surface area contributed by atoms with Crippen LogP contribution in [0, 0.1) is 5.92 Å². The third-order valence-electron chi connectivity index (χ3n) is 4.45. The molecule has 0 spiro atoms.